The number of benzene rings is 3. The van der Waals surface area contributed by atoms with Crippen LogP contribution in [0.1, 0.15) is 79.0 Å². The molecule has 0 atom stereocenters. The minimum absolute atomic E-state index is 0. The number of hydrogen-bond donors (Lipinski definition) is 0. The Hall–Kier alpha value is -1.51. The van der Waals surface area contributed by atoms with E-state index in [2.05, 4.69) is 135 Å². The van der Waals surface area contributed by atoms with Crippen LogP contribution < -0.4 is 17.0 Å². The van der Waals surface area contributed by atoms with Gasteiger partial charge >= 0.3 is 0 Å². The third-order valence-corrected chi connectivity index (χ3v) is 8.10. The minimum atomic E-state index is -0.120. The van der Waals surface area contributed by atoms with Gasteiger partial charge in [-0.2, -0.15) is 0 Å². The van der Waals surface area contributed by atoms with Crippen molar-refractivity contribution < 1.29 is 17.0 Å². The second kappa shape index (κ2) is 9.77. The number of rotatable bonds is 3. The van der Waals surface area contributed by atoms with Crippen LogP contribution in [0.3, 0.4) is 0 Å². The first-order valence-electron chi connectivity index (χ1n) is 11.3. The van der Waals surface area contributed by atoms with Gasteiger partial charge in [0.25, 0.3) is 0 Å². The van der Waals surface area contributed by atoms with Gasteiger partial charge in [-0.05, 0) is 69.3 Å². The van der Waals surface area contributed by atoms with Crippen LogP contribution in [0.4, 0.5) is 0 Å². The van der Waals surface area contributed by atoms with E-state index in [0.717, 1.165) is 0 Å². The monoisotopic (exact) mass is 510 g/mol. The molecule has 3 aromatic carbocycles. The summed E-state index contributed by atoms with van der Waals surface area (Å²) in [6, 6.07) is 27.8. The average molecular weight is 512 g/mol. The Morgan fingerprint density at radius 2 is 0.562 bits per heavy atom. The fraction of sp³-hybridized carbons (Fsp3) is 0.400. The summed E-state index contributed by atoms with van der Waals surface area (Å²) in [5.41, 5.74) is 4.64. The minimum Gasteiger partial charge on any atom is -1.00 e. The molecule has 0 spiro atoms. The second-order valence-electron chi connectivity index (χ2n) is 11.6. The molecular weight excluding hydrogens is 472 g/mol. The second-order valence-corrected chi connectivity index (χ2v) is 13.7. The zero-order chi connectivity index (χ0) is 23.0. The summed E-state index contributed by atoms with van der Waals surface area (Å²) in [6.07, 6.45) is 0. The van der Waals surface area contributed by atoms with Gasteiger partial charge < -0.3 is 17.0 Å². The Bertz CT molecular complexity index is 857. The van der Waals surface area contributed by atoms with Crippen molar-refractivity contribution in [2.45, 2.75) is 93.2 Å². The van der Waals surface area contributed by atoms with Crippen molar-refractivity contribution in [3.05, 3.63) is 89.5 Å². The van der Waals surface area contributed by atoms with Crippen LogP contribution in [0.5, 0.6) is 0 Å². The molecule has 3 rings (SSSR count). The molecular formula is C30H39BrS. The summed E-state index contributed by atoms with van der Waals surface area (Å²) < 4.78 is 0. The molecule has 0 aromatic heterocycles. The summed E-state index contributed by atoms with van der Waals surface area (Å²) in [5, 5.41) is 0. The van der Waals surface area contributed by atoms with Gasteiger partial charge in [-0.3, -0.25) is 0 Å². The molecule has 3 aromatic rings. The van der Waals surface area contributed by atoms with Crippen molar-refractivity contribution in [3.63, 3.8) is 0 Å². The first-order valence-corrected chi connectivity index (χ1v) is 12.6. The lowest BCUT2D eigenvalue weighted by atomic mass is 9.87. The zero-order valence-corrected chi connectivity index (χ0v) is 23.6. The largest absolute Gasteiger partial charge is 1.00 e. The fourth-order valence-electron chi connectivity index (χ4n) is 3.68. The van der Waals surface area contributed by atoms with E-state index >= 15 is 0 Å². The maximum atomic E-state index is 2.33. The lowest BCUT2D eigenvalue weighted by molar-refractivity contribution is -0.00000767. The van der Waals surface area contributed by atoms with Crippen molar-refractivity contribution in [2.75, 3.05) is 0 Å². The van der Waals surface area contributed by atoms with Crippen molar-refractivity contribution in [1.29, 1.82) is 0 Å². The van der Waals surface area contributed by atoms with Crippen LogP contribution in [0.2, 0.25) is 0 Å². The molecule has 0 aliphatic heterocycles. The van der Waals surface area contributed by atoms with Crippen LogP contribution in [0.15, 0.2) is 87.5 Å². The standard InChI is InChI=1S/C30H39S.BrH/c1-28(2,3)22-10-16-25(17-11-22)31(26-18-12-23(13-19-26)29(4,5)6)27-20-14-24(15-21-27)30(7,8)9;/h10-21H,1-9H3;1H/q+1;/p-1. The van der Waals surface area contributed by atoms with Gasteiger partial charge in [0.2, 0.25) is 0 Å². The molecule has 0 bridgehead atoms. The number of hydrogen-bond acceptors (Lipinski definition) is 0. The fourth-order valence-corrected chi connectivity index (χ4v) is 5.72. The van der Waals surface area contributed by atoms with Crippen LogP contribution >= 0.6 is 0 Å². The molecule has 0 saturated carbocycles. The van der Waals surface area contributed by atoms with Crippen LogP contribution in [0.25, 0.3) is 0 Å². The van der Waals surface area contributed by atoms with Crippen LogP contribution in [0, 0.1) is 0 Å². The highest BCUT2D eigenvalue weighted by Gasteiger charge is 2.30. The third-order valence-electron chi connectivity index (χ3n) is 5.87. The highest BCUT2D eigenvalue weighted by Crippen LogP contribution is 2.35. The van der Waals surface area contributed by atoms with E-state index < -0.39 is 0 Å². The van der Waals surface area contributed by atoms with Gasteiger partial charge in [-0.1, -0.05) is 98.7 Å². The summed E-state index contributed by atoms with van der Waals surface area (Å²) >= 11 is 0. The van der Waals surface area contributed by atoms with Gasteiger partial charge in [-0.25, -0.2) is 0 Å². The highest BCUT2D eigenvalue weighted by molar-refractivity contribution is 7.97. The van der Waals surface area contributed by atoms with Gasteiger partial charge in [-0.15, -0.1) is 0 Å². The van der Waals surface area contributed by atoms with Gasteiger partial charge in [0, 0.05) is 0 Å². The lowest BCUT2D eigenvalue weighted by Gasteiger charge is -2.21. The molecule has 0 fully saturated rings. The normalized spacial score (nSPS) is 12.6. The van der Waals surface area contributed by atoms with Gasteiger partial charge in [0.05, 0.1) is 10.9 Å². The first-order chi connectivity index (χ1) is 14.3. The Kier molecular flexibility index (Phi) is 8.17. The molecule has 0 aliphatic rings. The number of halogens is 1. The van der Waals surface area contributed by atoms with Crippen LogP contribution in [-0.2, 0) is 27.1 Å². The third kappa shape index (κ3) is 6.29. The quantitative estimate of drug-likeness (QED) is 0.397. The summed E-state index contributed by atoms with van der Waals surface area (Å²) in [7, 11) is -0.120. The van der Waals surface area contributed by atoms with Crippen molar-refractivity contribution in [2.24, 2.45) is 0 Å². The average Bonchev–Trinajstić information content (AvgIpc) is 2.67. The van der Waals surface area contributed by atoms with E-state index in [0.29, 0.717) is 0 Å². The van der Waals surface area contributed by atoms with E-state index in [1.807, 2.05) is 0 Å². The van der Waals surface area contributed by atoms with Gasteiger partial charge in [0.15, 0.2) is 14.7 Å². The zero-order valence-electron chi connectivity index (χ0n) is 21.2. The molecule has 0 N–H and O–H groups in total. The molecule has 0 saturated heterocycles. The molecule has 172 valence electrons. The maximum Gasteiger partial charge on any atom is 0.166 e. The summed E-state index contributed by atoms with van der Waals surface area (Å²) in [6.45, 7) is 20.5. The van der Waals surface area contributed by atoms with Gasteiger partial charge in [0.1, 0.15) is 0 Å². The first kappa shape index (κ1) is 26.7. The predicted octanol–water partition coefficient (Wildman–Crippen LogP) is 5.68. The van der Waals surface area contributed by atoms with E-state index in [4.69, 9.17) is 0 Å². The Morgan fingerprint density at radius 1 is 0.375 bits per heavy atom. The molecule has 0 heterocycles. The van der Waals surface area contributed by atoms with E-state index in [9.17, 15) is 0 Å². The van der Waals surface area contributed by atoms with Crippen molar-refractivity contribution in [3.8, 4) is 0 Å². The predicted molar refractivity (Wildman–Crippen MR) is 138 cm³/mol. The lowest BCUT2D eigenvalue weighted by Crippen LogP contribution is -3.00. The molecule has 0 nitrogen and oxygen atoms in total. The van der Waals surface area contributed by atoms with E-state index in [1.165, 1.54) is 31.4 Å². The molecule has 0 radical (unpaired) electrons. The molecule has 2 heteroatoms. The molecule has 0 aliphatic carbocycles. The van der Waals surface area contributed by atoms with Crippen molar-refractivity contribution in [1.82, 2.24) is 0 Å². The SMILES string of the molecule is CC(C)(C)c1ccc([S+](c2ccc(C(C)(C)C)cc2)c2ccc(C(C)(C)C)cc2)cc1.[Br-]. The Labute approximate surface area is 210 Å². The molecule has 0 unspecified atom stereocenters. The Morgan fingerprint density at radius 3 is 0.719 bits per heavy atom. The van der Waals surface area contributed by atoms with Crippen molar-refractivity contribution >= 4 is 10.9 Å². The smallest absolute Gasteiger partial charge is 0.166 e. The topological polar surface area (TPSA) is 0 Å². The summed E-state index contributed by atoms with van der Waals surface area (Å²) in [5.74, 6) is 0. The van der Waals surface area contributed by atoms with Crippen LogP contribution in [-0.4, -0.2) is 0 Å². The Balaban J connectivity index is 0.00000363. The molecule has 0 amide bonds. The van der Waals surface area contributed by atoms with E-state index in [1.54, 1.807) is 0 Å². The van der Waals surface area contributed by atoms with E-state index in [-0.39, 0.29) is 44.1 Å². The maximum absolute atomic E-state index is 2.33. The molecule has 32 heavy (non-hydrogen) atoms. The summed E-state index contributed by atoms with van der Waals surface area (Å²) in [4.78, 5) is 4.13. The highest BCUT2D eigenvalue weighted by atomic mass is 79.9.